The summed E-state index contributed by atoms with van der Waals surface area (Å²) in [5.74, 6) is 0.0468. The second-order valence-corrected chi connectivity index (χ2v) is 7.43. The molecule has 1 aliphatic carbocycles. The molecule has 0 unspecified atom stereocenters. The molecule has 2 rings (SSSR count). The van der Waals surface area contributed by atoms with Gasteiger partial charge in [-0.2, -0.15) is 0 Å². The number of rotatable bonds is 1. The van der Waals surface area contributed by atoms with Crippen molar-refractivity contribution in [2.45, 2.75) is 81.5 Å². The molecular formula is C15H27NO2S. The van der Waals surface area contributed by atoms with Crippen molar-refractivity contribution in [2.24, 2.45) is 0 Å². The second kappa shape index (κ2) is 7.53. The van der Waals surface area contributed by atoms with Gasteiger partial charge in [0.05, 0.1) is 4.87 Å². The molecule has 110 valence electrons. The van der Waals surface area contributed by atoms with Gasteiger partial charge in [-0.3, -0.25) is 10.1 Å². The molecule has 0 amide bonds. The minimum Gasteiger partial charge on any atom is -0.480 e. The van der Waals surface area contributed by atoms with Gasteiger partial charge < -0.3 is 5.11 Å². The number of nitrogens with one attached hydrogen (secondary N) is 1. The molecule has 0 radical (unpaired) electrons. The Kier molecular flexibility index (Phi) is 6.02. The van der Waals surface area contributed by atoms with Crippen molar-refractivity contribution < 1.29 is 9.90 Å². The summed E-state index contributed by atoms with van der Waals surface area (Å²) in [5, 5.41) is 12.6. The molecule has 0 bridgehead atoms. The van der Waals surface area contributed by atoms with E-state index >= 15 is 0 Å². The Balaban J connectivity index is 1.89. The molecule has 1 heterocycles. The van der Waals surface area contributed by atoms with Crippen LogP contribution in [0.1, 0.15) is 70.6 Å². The number of hydrogen-bond acceptors (Lipinski definition) is 3. The minimum absolute atomic E-state index is 0.0578. The maximum Gasteiger partial charge on any atom is 0.321 e. The SMILES string of the molecule is O=C(O)[C@H]1CSC2(CCCCCCCCCCC2)N1. The summed E-state index contributed by atoms with van der Waals surface area (Å²) >= 11 is 1.86. The molecule has 19 heavy (non-hydrogen) atoms. The van der Waals surface area contributed by atoms with Crippen LogP contribution >= 0.6 is 11.8 Å². The summed E-state index contributed by atoms with van der Waals surface area (Å²) in [4.78, 5) is 11.2. The zero-order valence-electron chi connectivity index (χ0n) is 11.8. The Labute approximate surface area is 120 Å². The van der Waals surface area contributed by atoms with Crippen LogP contribution in [0.3, 0.4) is 0 Å². The molecule has 3 nitrogen and oxygen atoms in total. The number of aliphatic carboxylic acids is 1. The Morgan fingerprint density at radius 3 is 1.84 bits per heavy atom. The van der Waals surface area contributed by atoms with E-state index in [1.54, 1.807) is 0 Å². The molecule has 1 saturated carbocycles. The van der Waals surface area contributed by atoms with Gasteiger partial charge in [-0.15, -0.1) is 11.8 Å². The normalized spacial score (nSPS) is 29.6. The lowest BCUT2D eigenvalue weighted by molar-refractivity contribution is -0.138. The van der Waals surface area contributed by atoms with Crippen molar-refractivity contribution in [2.75, 3.05) is 5.75 Å². The topological polar surface area (TPSA) is 49.3 Å². The zero-order chi connectivity index (χ0) is 13.6. The molecule has 1 saturated heterocycles. The van der Waals surface area contributed by atoms with Crippen LogP contribution in [0.15, 0.2) is 0 Å². The van der Waals surface area contributed by atoms with E-state index in [9.17, 15) is 4.79 Å². The predicted octanol–water partition coefficient (Wildman–Crippen LogP) is 3.78. The highest BCUT2D eigenvalue weighted by atomic mass is 32.2. The predicted molar refractivity (Wildman–Crippen MR) is 80.5 cm³/mol. The molecule has 1 aliphatic heterocycles. The molecular weight excluding hydrogens is 258 g/mol. The van der Waals surface area contributed by atoms with Crippen LogP contribution in [0.25, 0.3) is 0 Å². The lowest BCUT2D eigenvalue weighted by atomic mass is 9.97. The molecule has 4 heteroatoms. The van der Waals surface area contributed by atoms with Gasteiger partial charge in [-0.25, -0.2) is 0 Å². The minimum atomic E-state index is -0.685. The van der Waals surface area contributed by atoms with E-state index in [1.807, 2.05) is 11.8 Å². The Bertz CT molecular complexity index is 284. The van der Waals surface area contributed by atoms with Crippen molar-refractivity contribution in [3.05, 3.63) is 0 Å². The van der Waals surface area contributed by atoms with Gasteiger partial charge in [0, 0.05) is 5.75 Å². The van der Waals surface area contributed by atoms with Gasteiger partial charge in [0.2, 0.25) is 0 Å². The third-order valence-corrected chi connectivity index (χ3v) is 6.00. The molecule has 2 aliphatic rings. The number of carboxylic acids is 1. The van der Waals surface area contributed by atoms with Gasteiger partial charge >= 0.3 is 5.97 Å². The lowest BCUT2D eigenvalue weighted by Crippen LogP contribution is -2.45. The fourth-order valence-electron chi connectivity index (χ4n) is 3.25. The maximum atomic E-state index is 11.1. The first kappa shape index (κ1) is 15.2. The summed E-state index contributed by atoms with van der Waals surface area (Å²) in [6, 6.07) is -0.335. The number of carboxylic acid groups (broad SMARTS) is 1. The molecule has 0 aromatic carbocycles. The highest BCUT2D eigenvalue weighted by molar-refractivity contribution is 8.00. The van der Waals surface area contributed by atoms with Crippen LogP contribution in [0.4, 0.5) is 0 Å². The van der Waals surface area contributed by atoms with E-state index < -0.39 is 5.97 Å². The largest absolute Gasteiger partial charge is 0.480 e. The fraction of sp³-hybridized carbons (Fsp3) is 0.933. The third-order valence-electron chi connectivity index (χ3n) is 4.42. The number of thioether (sulfide) groups is 1. The van der Waals surface area contributed by atoms with Crippen LogP contribution in [0, 0.1) is 0 Å². The average molecular weight is 285 g/mol. The van der Waals surface area contributed by atoms with Gasteiger partial charge in [0.1, 0.15) is 6.04 Å². The average Bonchev–Trinajstić information content (AvgIpc) is 2.79. The highest BCUT2D eigenvalue weighted by Gasteiger charge is 2.40. The lowest BCUT2D eigenvalue weighted by Gasteiger charge is -2.30. The van der Waals surface area contributed by atoms with E-state index in [0.29, 0.717) is 0 Å². The molecule has 1 atom stereocenters. The highest BCUT2D eigenvalue weighted by Crippen LogP contribution is 2.39. The summed E-state index contributed by atoms with van der Waals surface area (Å²) < 4.78 is 0. The van der Waals surface area contributed by atoms with Crippen LogP contribution in [0.5, 0.6) is 0 Å². The molecule has 0 aromatic heterocycles. The summed E-state index contributed by atoms with van der Waals surface area (Å²) in [6.07, 6.45) is 14.2. The van der Waals surface area contributed by atoms with Gasteiger partial charge in [-0.1, -0.05) is 57.8 Å². The van der Waals surface area contributed by atoms with Gasteiger partial charge in [0.15, 0.2) is 0 Å². The Morgan fingerprint density at radius 1 is 0.947 bits per heavy atom. The second-order valence-electron chi connectivity index (χ2n) is 6.02. The van der Waals surface area contributed by atoms with E-state index in [0.717, 1.165) is 18.6 Å². The van der Waals surface area contributed by atoms with E-state index in [1.165, 1.54) is 57.8 Å². The number of hydrogen-bond donors (Lipinski definition) is 2. The van der Waals surface area contributed by atoms with E-state index in [-0.39, 0.29) is 10.9 Å². The van der Waals surface area contributed by atoms with Crippen molar-refractivity contribution in [1.82, 2.24) is 5.32 Å². The Morgan fingerprint density at radius 2 is 1.42 bits per heavy atom. The maximum absolute atomic E-state index is 11.1. The zero-order valence-corrected chi connectivity index (χ0v) is 12.6. The molecule has 1 spiro atoms. The quantitative estimate of drug-likeness (QED) is 0.770. The first-order valence-corrected chi connectivity index (χ1v) is 8.85. The van der Waals surface area contributed by atoms with E-state index in [4.69, 9.17) is 5.11 Å². The van der Waals surface area contributed by atoms with Crippen LogP contribution in [0.2, 0.25) is 0 Å². The summed E-state index contributed by atoms with van der Waals surface area (Å²) in [6.45, 7) is 0. The van der Waals surface area contributed by atoms with Gasteiger partial charge in [0.25, 0.3) is 0 Å². The van der Waals surface area contributed by atoms with Crippen LogP contribution < -0.4 is 5.32 Å². The summed E-state index contributed by atoms with van der Waals surface area (Å²) in [7, 11) is 0. The van der Waals surface area contributed by atoms with Crippen molar-refractivity contribution in [3.8, 4) is 0 Å². The fourth-order valence-corrected chi connectivity index (χ4v) is 4.76. The van der Waals surface area contributed by atoms with Crippen LogP contribution in [-0.2, 0) is 4.79 Å². The summed E-state index contributed by atoms with van der Waals surface area (Å²) in [5.41, 5.74) is 0. The number of carbonyl (C=O) groups is 1. The Hall–Kier alpha value is -0.220. The molecule has 0 aromatic rings. The first-order chi connectivity index (χ1) is 9.22. The van der Waals surface area contributed by atoms with E-state index in [2.05, 4.69) is 5.32 Å². The van der Waals surface area contributed by atoms with Crippen molar-refractivity contribution in [1.29, 1.82) is 0 Å². The third kappa shape index (κ3) is 4.67. The van der Waals surface area contributed by atoms with Crippen molar-refractivity contribution in [3.63, 3.8) is 0 Å². The first-order valence-electron chi connectivity index (χ1n) is 7.86. The smallest absolute Gasteiger partial charge is 0.321 e. The standard InChI is InChI=1S/C15H27NO2S/c17-14(18)13-12-19-15(16-13)10-8-6-4-2-1-3-5-7-9-11-15/h13,16H,1-12H2,(H,17,18)/t13-/m1/s1. The monoisotopic (exact) mass is 285 g/mol. The van der Waals surface area contributed by atoms with Crippen LogP contribution in [-0.4, -0.2) is 27.7 Å². The van der Waals surface area contributed by atoms with Gasteiger partial charge in [-0.05, 0) is 12.8 Å². The van der Waals surface area contributed by atoms with Crippen molar-refractivity contribution >= 4 is 17.7 Å². The molecule has 2 fully saturated rings. The molecule has 2 N–H and O–H groups in total.